The number of amides is 1. The van der Waals surface area contributed by atoms with E-state index in [1.54, 1.807) is 12.1 Å². The lowest BCUT2D eigenvalue weighted by Crippen LogP contribution is -2.37. The fourth-order valence-electron chi connectivity index (χ4n) is 3.32. The van der Waals surface area contributed by atoms with Crippen LogP contribution in [0.15, 0.2) is 59.1 Å². The summed E-state index contributed by atoms with van der Waals surface area (Å²) in [6, 6.07) is 17.4. The fourth-order valence-corrected chi connectivity index (χ4v) is 3.51. The zero-order chi connectivity index (χ0) is 21.7. The van der Waals surface area contributed by atoms with Crippen molar-refractivity contribution >= 4 is 17.5 Å². The Bertz CT molecular complexity index is 979. The molecular formula is C24H28ClN3O2. The number of aromatic nitrogens is 2. The number of rotatable bonds is 7. The van der Waals surface area contributed by atoms with E-state index in [-0.39, 0.29) is 17.4 Å². The Balaban J connectivity index is 1.75. The van der Waals surface area contributed by atoms with Crippen molar-refractivity contribution in [2.45, 2.75) is 46.6 Å². The number of hydrogen-bond acceptors (Lipinski definition) is 4. The Morgan fingerprint density at radius 2 is 1.87 bits per heavy atom. The van der Waals surface area contributed by atoms with Gasteiger partial charge in [-0.05, 0) is 30.0 Å². The third-order valence-corrected chi connectivity index (χ3v) is 5.10. The van der Waals surface area contributed by atoms with Crippen molar-refractivity contribution in [2.24, 2.45) is 5.41 Å². The van der Waals surface area contributed by atoms with Gasteiger partial charge in [0, 0.05) is 30.0 Å². The van der Waals surface area contributed by atoms with E-state index in [9.17, 15) is 4.79 Å². The van der Waals surface area contributed by atoms with Crippen LogP contribution in [-0.4, -0.2) is 27.5 Å². The van der Waals surface area contributed by atoms with Gasteiger partial charge in [0.15, 0.2) is 0 Å². The SMILES string of the molecule is C[C@H](c1ccccc1)N(CCc1nc(-c2cccc(Cl)c2)no1)C(=O)CC(C)(C)C. The summed E-state index contributed by atoms with van der Waals surface area (Å²) in [4.78, 5) is 19.5. The van der Waals surface area contributed by atoms with Gasteiger partial charge in [-0.25, -0.2) is 0 Å². The average molecular weight is 426 g/mol. The number of hydrogen-bond donors (Lipinski definition) is 0. The van der Waals surface area contributed by atoms with E-state index in [4.69, 9.17) is 16.1 Å². The van der Waals surface area contributed by atoms with Crippen LogP contribution in [0.3, 0.4) is 0 Å². The highest BCUT2D eigenvalue weighted by Crippen LogP contribution is 2.26. The highest BCUT2D eigenvalue weighted by Gasteiger charge is 2.26. The number of benzene rings is 2. The maximum absolute atomic E-state index is 13.1. The van der Waals surface area contributed by atoms with Gasteiger partial charge in [0.05, 0.1) is 6.04 Å². The zero-order valence-electron chi connectivity index (χ0n) is 17.9. The minimum Gasteiger partial charge on any atom is -0.339 e. The molecule has 158 valence electrons. The van der Waals surface area contributed by atoms with Gasteiger partial charge < -0.3 is 9.42 Å². The van der Waals surface area contributed by atoms with Gasteiger partial charge in [0.1, 0.15) is 0 Å². The first-order valence-electron chi connectivity index (χ1n) is 10.2. The lowest BCUT2D eigenvalue weighted by atomic mass is 9.91. The van der Waals surface area contributed by atoms with Gasteiger partial charge in [-0.15, -0.1) is 0 Å². The van der Waals surface area contributed by atoms with Crippen LogP contribution >= 0.6 is 11.6 Å². The molecule has 0 fully saturated rings. The number of carbonyl (C=O) groups is 1. The zero-order valence-corrected chi connectivity index (χ0v) is 18.7. The molecular weight excluding hydrogens is 398 g/mol. The molecule has 0 aliphatic rings. The van der Waals surface area contributed by atoms with E-state index in [0.717, 1.165) is 11.1 Å². The summed E-state index contributed by atoms with van der Waals surface area (Å²) in [6.45, 7) is 8.78. The minimum absolute atomic E-state index is 0.0450. The van der Waals surface area contributed by atoms with Crippen molar-refractivity contribution in [2.75, 3.05) is 6.54 Å². The largest absolute Gasteiger partial charge is 0.339 e. The summed E-state index contributed by atoms with van der Waals surface area (Å²) in [5.41, 5.74) is 1.82. The number of halogens is 1. The smallest absolute Gasteiger partial charge is 0.228 e. The highest BCUT2D eigenvalue weighted by atomic mass is 35.5. The molecule has 1 amide bonds. The first kappa shape index (κ1) is 22.0. The van der Waals surface area contributed by atoms with Crippen LogP contribution in [0.5, 0.6) is 0 Å². The summed E-state index contributed by atoms with van der Waals surface area (Å²) < 4.78 is 5.43. The number of carbonyl (C=O) groups excluding carboxylic acids is 1. The van der Waals surface area contributed by atoms with E-state index in [2.05, 4.69) is 37.8 Å². The molecule has 1 aromatic heterocycles. The molecule has 1 atom stereocenters. The summed E-state index contributed by atoms with van der Waals surface area (Å²) in [5, 5.41) is 4.68. The van der Waals surface area contributed by atoms with Gasteiger partial charge in [-0.3, -0.25) is 4.79 Å². The lowest BCUT2D eigenvalue weighted by Gasteiger charge is -2.32. The number of nitrogens with zero attached hydrogens (tertiary/aromatic N) is 3. The Labute approximate surface area is 183 Å². The van der Waals surface area contributed by atoms with Crippen LogP contribution in [0.25, 0.3) is 11.4 Å². The van der Waals surface area contributed by atoms with Gasteiger partial charge in [-0.1, -0.05) is 80.0 Å². The normalized spacial score (nSPS) is 12.6. The van der Waals surface area contributed by atoms with Crippen molar-refractivity contribution < 1.29 is 9.32 Å². The molecule has 0 N–H and O–H groups in total. The third kappa shape index (κ3) is 5.92. The molecule has 0 spiro atoms. The quantitative estimate of drug-likeness (QED) is 0.468. The van der Waals surface area contributed by atoms with Crippen LogP contribution in [0.2, 0.25) is 5.02 Å². The van der Waals surface area contributed by atoms with Gasteiger partial charge in [0.25, 0.3) is 0 Å². The monoisotopic (exact) mass is 425 g/mol. The second-order valence-electron chi connectivity index (χ2n) is 8.68. The molecule has 30 heavy (non-hydrogen) atoms. The first-order valence-corrected chi connectivity index (χ1v) is 10.5. The van der Waals surface area contributed by atoms with Crippen LogP contribution in [-0.2, 0) is 11.2 Å². The summed E-state index contributed by atoms with van der Waals surface area (Å²) in [7, 11) is 0. The molecule has 0 bridgehead atoms. The standard InChI is InChI=1S/C24H28ClN3O2/c1-17(18-9-6-5-7-10-18)28(22(29)16-24(2,3)4)14-13-21-26-23(27-30-21)19-11-8-12-20(25)15-19/h5-12,15,17H,13-14,16H2,1-4H3/t17-/m1/s1. The van der Waals surface area contributed by atoms with Crippen molar-refractivity contribution in [3.63, 3.8) is 0 Å². The molecule has 2 aromatic carbocycles. The molecule has 0 saturated carbocycles. The van der Waals surface area contributed by atoms with Crippen LogP contribution in [0.1, 0.15) is 51.6 Å². The van der Waals surface area contributed by atoms with E-state index in [0.29, 0.717) is 36.1 Å². The van der Waals surface area contributed by atoms with E-state index >= 15 is 0 Å². The van der Waals surface area contributed by atoms with E-state index in [1.807, 2.05) is 47.4 Å². The van der Waals surface area contributed by atoms with Gasteiger partial charge >= 0.3 is 0 Å². The Hall–Kier alpha value is -2.66. The Kier molecular flexibility index (Phi) is 6.93. The second-order valence-corrected chi connectivity index (χ2v) is 9.12. The lowest BCUT2D eigenvalue weighted by molar-refractivity contribution is -0.135. The molecule has 3 aromatic rings. The average Bonchev–Trinajstić information content (AvgIpc) is 3.16. The predicted molar refractivity (Wildman–Crippen MR) is 119 cm³/mol. The Morgan fingerprint density at radius 1 is 1.13 bits per heavy atom. The molecule has 5 nitrogen and oxygen atoms in total. The summed E-state index contributed by atoms with van der Waals surface area (Å²) in [5.74, 6) is 1.11. The first-order chi connectivity index (χ1) is 14.2. The van der Waals surface area contributed by atoms with Crippen molar-refractivity contribution in [1.29, 1.82) is 0 Å². The third-order valence-electron chi connectivity index (χ3n) is 4.87. The van der Waals surface area contributed by atoms with Gasteiger partial charge in [0.2, 0.25) is 17.6 Å². The van der Waals surface area contributed by atoms with Crippen LogP contribution in [0, 0.1) is 5.41 Å². The van der Waals surface area contributed by atoms with Crippen LogP contribution < -0.4 is 0 Å². The summed E-state index contributed by atoms with van der Waals surface area (Å²) in [6.07, 6.45) is 0.961. The minimum atomic E-state index is -0.0873. The maximum atomic E-state index is 13.1. The van der Waals surface area contributed by atoms with Crippen molar-refractivity contribution in [3.05, 3.63) is 71.1 Å². The highest BCUT2D eigenvalue weighted by molar-refractivity contribution is 6.30. The van der Waals surface area contributed by atoms with E-state index in [1.165, 1.54) is 0 Å². The molecule has 6 heteroatoms. The predicted octanol–water partition coefficient (Wildman–Crippen LogP) is 5.96. The summed E-state index contributed by atoms with van der Waals surface area (Å²) >= 11 is 6.05. The van der Waals surface area contributed by atoms with Crippen molar-refractivity contribution in [3.8, 4) is 11.4 Å². The maximum Gasteiger partial charge on any atom is 0.228 e. The molecule has 0 radical (unpaired) electrons. The molecule has 0 aliphatic carbocycles. The van der Waals surface area contributed by atoms with Crippen molar-refractivity contribution in [1.82, 2.24) is 15.0 Å². The van der Waals surface area contributed by atoms with Crippen LogP contribution in [0.4, 0.5) is 0 Å². The molecule has 1 heterocycles. The topological polar surface area (TPSA) is 59.2 Å². The molecule has 3 rings (SSSR count). The Morgan fingerprint density at radius 3 is 2.53 bits per heavy atom. The fraction of sp³-hybridized carbons (Fsp3) is 0.375. The second kappa shape index (κ2) is 9.43. The van der Waals surface area contributed by atoms with Gasteiger partial charge in [-0.2, -0.15) is 4.98 Å². The molecule has 0 saturated heterocycles. The molecule has 0 unspecified atom stereocenters. The molecule has 0 aliphatic heterocycles. The van der Waals surface area contributed by atoms with E-state index < -0.39 is 0 Å².